The van der Waals surface area contributed by atoms with E-state index < -0.39 is 18.0 Å². The smallest absolute Gasteiger partial charge is 0.250 e. The van der Waals surface area contributed by atoms with Crippen molar-refractivity contribution in [3.8, 4) is 0 Å². The standard InChI is InChI=1S/C20H23N7O4/c1-11(28)21-10-17(29)24-15-6-5-12-3-2-4-13-7-16(27(18(12)13)20(15)31)19(30)22-8-14-9-23-26-25-14/h2-4,9,15-16H,5-8,10H2,1H3,(H,21,28)(H,22,30)(H,24,29)(H,23,25,26)/t15-,16-/m0/s1. The number of H-pyrrole nitrogens is 1. The lowest BCUT2D eigenvalue weighted by atomic mass is 10.0. The van der Waals surface area contributed by atoms with E-state index in [1.54, 1.807) is 0 Å². The fourth-order valence-corrected chi connectivity index (χ4v) is 4.03. The van der Waals surface area contributed by atoms with E-state index in [9.17, 15) is 19.2 Å². The number of hydrogen-bond donors (Lipinski definition) is 4. The van der Waals surface area contributed by atoms with Gasteiger partial charge < -0.3 is 16.0 Å². The lowest BCUT2D eigenvalue weighted by Crippen LogP contribution is -2.55. The zero-order valence-electron chi connectivity index (χ0n) is 17.0. The number of aryl methyl sites for hydroxylation is 1. The highest BCUT2D eigenvalue weighted by atomic mass is 16.2. The number of nitrogens with zero attached hydrogens (tertiary/aromatic N) is 3. The Balaban J connectivity index is 1.54. The van der Waals surface area contributed by atoms with Crippen LogP contribution in [0.5, 0.6) is 0 Å². The minimum atomic E-state index is -0.787. The van der Waals surface area contributed by atoms with Crippen molar-refractivity contribution in [3.05, 3.63) is 41.2 Å². The highest BCUT2D eigenvalue weighted by molar-refractivity contribution is 6.07. The number of anilines is 1. The van der Waals surface area contributed by atoms with Gasteiger partial charge in [0.25, 0.3) is 0 Å². The van der Waals surface area contributed by atoms with Crippen molar-refractivity contribution in [1.82, 2.24) is 31.4 Å². The Morgan fingerprint density at radius 3 is 2.77 bits per heavy atom. The Hall–Kier alpha value is -3.76. The van der Waals surface area contributed by atoms with Crippen LogP contribution in [0.4, 0.5) is 5.69 Å². The summed E-state index contributed by atoms with van der Waals surface area (Å²) in [5, 5.41) is 18.0. The number of para-hydroxylation sites is 1. The number of carbonyl (C=O) groups is 4. The van der Waals surface area contributed by atoms with E-state index in [1.165, 1.54) is 18.0 Å². The first-order valence-electron chi connectivity index (χ1n) is 10.0. The van der Waals surface area contributed by atoms with Crippen molar-refractivity contribution in [1.29, 1.82) is 0 Å². The summed E-state index contributed by atoms with van der Waals surface area (Å²) in [7, 11) is 0. The third-order valence-corrected chi connectivity index (χ3v) is 5.45. The molecule has 0 saturated carbocycles. The van der Waals surface area contributed by atoms with Gasteiger partial charge in [0.15, 0.2) is 0 Å². The number of benzene rings is 1. The van der Waals surface area contributed by atoms with Gasteiger partial charge in [-0.25, -0.2) is 0 Å². The topological polar surface area (TPSA) is 149 Å². The molecule has 1 aromatic heterocycles. The minimum absolute atomic E-state index is 0.188. The molecule has 2 atom stereocenters. The average molecular weight is 425 g/mol. The summed E-state index contributed by atoms with van der Waals surface area (Å²) < 4.78 is 0. The molecular weight excluding hydrogens is 402 g/mol. The van der Waals surface area contributed by atoms with Crippen LogP contribution in [0.15, 0.2) is 24.4 Å². The molecule has 4 N–H and O–H groups in total. The van der Waals surface area contributed by atoms with Crippen molar-refractivity contribution < 1.29 is 19.2 Å². The van der Waals surface area contributed by atoms with E-state index in [2.05, 4.69) is 31.4 Å². The normalized spacial score (nSPS) is 19.4. The van der Waals surface area contributed by atoms with Gasteiger partial charge in [0.1, 0.15) is 17.8 Å². The Labute approximate surface area is 177 Å². The molecule has 0 aliphatic carbocycles. The number of aromatic nitrogens is 3. The third kappa shape index (κ3) is 4.25. The van der Waals surface area contributed by atoms with Gasteiger partial charge >= 0.3 is 0 Å². The van der Waals surface area contributed by atoms with Gasteiger partial charge in [-0.3, -0.25) is 24.1 Å². The summed E-state index contributed by atoms with van der Waals surface area (Å²) in [5.41, 5.74) is 3.23. The fraction of sp³-hybridized carbons (Fsp3) is 0.400. The number of carbonyl (C=O) groups excluding carboxylic acids is 4. The molecule has 2 aromatic rings. The molecule has 11 nitrogen and oxygen atoms in total. The van der Waals surface area contributed by atoms with Gasteiger partial charge in [-0.15, -0.1) is 0 Å². The summed E-state index contributed by atoms with van der Waals surface area (Å²) in [6.45, 7) is 1.29. The molecule has 1 aromatic carbocycles. The largest absolute Gasteiger partial charge is 0.348 e. The Morgan fingerprint density at radius 2 is 2.03 bits per heavy atom. The van der Waals surface area contributed by atoms with Gasteiger partial charge in [-0.05, 0) is 24.0 Å². The molecule has 0 radical (unpaired) electrons. The number of aromatic amines is 1. The molecule has 31 heavy (non-hydrogen) atoms. The molecule has 3 heterocycles. The number of hydrogen-bond acceptors (Lipinski definition) is 6. The van der Waals surface area contributed by atoms with Crippen LogP contribution in [0.25, 0.3) is 0 Å². The van der Waals surface area contributed by atoms with Crippen molar-refractivity contribution in [2.75, 3.05) is 11.4 Å². The summed E-state index contributed by atoms with van der Waals surface area (Å²) >= 11 is 0. The molecule has 0 unspecified atom stereocenters. The SMILES string of the molecule is CC(=O)NCC(=O)N[C@H]1CCc2cccc3c2N(C1=O)[C@H](C(=O)NCc1cn[nH]n1)C3. The van der Waals surface area contributed by atoms with Crippen molar-refractivity contribution in [3.63, 3.8) is 0 Å². The Bertz CT molecular complexity index is 1020. The van der Waals surface area contributed by atoms with E-state index in [1.807, 2.05) is 18.2 Å². The van der Waals surface area contributed by atoms with Crippen LogP contribution in [0.1, 0.15) is 30.2 Å². The van der Waals surface area contributed by atoms with Gasteiger partial charge in [0, 0.05) is 13.3 Å². The maximum atomic E-state index is 13.4. The van der Waals surface area contributed by atoms with Crippen molar-refractivity contribution >= 4 is 29.3 Å². The second-order valence-electron chi connectivity index (χ2n) is 7.60. The highest BCUT2D eigenvalue weighted by Crippen LogP contribution is 2.39. The number of rotatable bonds is 6. The molecule has 0 bridgehead atoms. The van der Waals surface area contributed by atoms with Crippen LogP contribution in [0, 0.1) is 0 Å². The first kappa shape index (κ1) is 20.5. The van der Waals surface area contributed by atoms with Crippen molar-refractivity contribution in [2.24, 2.45) is 0 Å². The fourth-order valence-electron chi connectivity index (χ4n) is 4.03. The molecule has 0 spiro atoms. The molecule has 162 valence electrons. The molecular formula is C20H23N7O4. The minimum Gasteiger partial charge on any atom is -0.348 e. The van der Waals surface area contributed by atoms with E-state index in [-0.39, 0.29) is 30.8 Å². The molecule has 2 aliphatic heterocycles. The zero-order valence-corrected chi connectivity index (χ0v) is 17.0. The number of amides is 4. The van der Waals surface area contributed by atoms with Gasteiger partial charge in [-0.1, -0.05) is 18.2 Å². The summed E-state index contributed by atoms with van der Waals surface area (Å²) in [4.78, 5) is 51.2. The maximum Gasteiger partial charge on any atom is 0.250 e. The van der Waals surface area contributed by atoms with Gasteiger partial charge in [0.05, 0.1) is 25.0 Å². The Kier molecular flexibility index (Phi) is 5.65. The predicted molar refractivity (Wildman–Crippen MR) is 109 cm³/mol. The number of nitrogens with one attached hydrogen (secondary N) is 4. The van der Waals surface area contributed by atoms with Crippen LogP contribution in [-0.2, 0) is 38.6 Å². The first-order chi connectivity index (χ1) is 14.9. The van der Waals surface area contributed by atoms with E-state index >= 15 is 0 Å². The van der Waals surface area contributed by atoms with Crippen molar-refractivity contribution in [2.45, 2.75) is 44.8 Å². The monoisotopic (exact) mass is 425 g/mol. The van der Waals surface area contributed by atoms with E-state index in [0.29, 0.717) is 25.0 Å². The maximum absolute atomic E-state index is 13.4. The first-order valence-corrected chi connectivity index (χ1v) is 10.0. The summed E-state index contributed by atoms with van der Waals surface area (Å²) in [5.74, 6) is -1.42. The van der Waals surface area contributed by atoms with Crippen LogP contribution < -0.4 is 20.9 Å². The third-order valence-electron chi connectivity index (χ3n) is 5.45. The lowest BCUT2D eigenvalue weighted by Gasteiger charge is -2.27. The highest BCUT2D eigenvalue weighted by Gasteiger charge is 2.43. The average Bonchev–Trinajstić information content (AvgIpc) is 3.38. The van der Waals surface area contributed by atoms with Gasteiger partial charge in [0.2, 0.25) is 23.6 Å². The van der Waals surface area contributed by atoms with E-state index in [4.69, 9.17) is 0 Å². The zero-order chi connectivity index (χ0) is 22.0. The molecule has 2 aliphatic rings. The quantitative estimate of drug-likeness (QED) is 0.464. The van der Waals surface area contributed by atoms with Gasteiger partial charge in [-0.2, -0.15) is 15.4 Å². The predicted octanol–water partition coefficient (Wildman–Crippen LogP) is -1.05. The second kappa shape index (κ2) is 8.54. The van der Waals surface area contributed by atoms with Crippen LogP contribution in [0.3, 0.4) is 0 Å². The molecule has 11 heteroatoms. The lowest BCUT2D eigenvalue weighted by molar-refractivity contribution is -0.130. The Morgan fingerprint density at radius 1 is 1.23 bits per heavy atom. The van der Waals surface area contributed by atoms with Crippen LogP contribution >= 0.6 is 0 Å². The van der Waals surface area contributed by atoms with E-state index in [0.717, 1.165) is 16.8 Å². The van der Waals surface area contributed by atoms with Crippen LogP contribution in [0.2, 0.25) is 0 Å². The molecule has 0 saturated heterocycles. The molecule has 4 amide bonds. The summed E-state index contributed by atoms with van der Waals surface area (Å²) in [6, 6.07) is 4.27. The molecule has 0 fully saturated rings. The van der Waals surface area contributed by atoms with Crippen LogP contribution in [-0.4, -0.2) is 57.7 Å². The second-order valence-corrected chi connectivity index (χ2v) is 7.60. The molecule has 4 rings (SSSR count). The summed E-state index contributed by atoms with van der Waals surface area (Å²) in [6.07, 6.45) is 2.90.